The van der Waals surface area contributed by atoms with E-state index < -0.39 is 32.4 Å². The Balaban J connectivity index is 1.38. The monoisotopic (exact) mass is 433 g/mol. The van der Waals surface area contributed by atoms with Crippen molar-refractivity contribution in [1.29, 1.82) is 0 Å². The molecule has 0 amide bonds. The lowest BCUT2D eigenvalue weighted by atomic mass is 9.95. The summed E-state index contributed by atoms with van der Waals surface area (Å²) in [5.41, 5.74) is 0. The zero-order valence-electron chi connectivity index (χ0n) is 15.2. The largest absolute Gasteiger partial charge is 0.360 e. The summed E-state index contributed by atoms with van der Waals surface area (Å²) in [6.45, 7) is 0.910. The lowest BCUT2D eigenvalue weighted by molar-refractivity contribution is 0.257. The third-order valence-electron chi connectivity index (χ3n) is 6.19. The third kappa shape index (κ3) is 3.50. The van der Waals surface area contributed by atoms with E-state index >= 15 is 0 Å². The minimum absolute atomic E-state index is 0.0965. The summed E-state index contributed by atoms with van der Waals surface area (Å²) in [5, 5.41) is 4.05. The smallest absolute Gasteiger partial charge is 0.246 e. The molecule has 1 N–H and O–H groups in total. The summed E-state index contributed by atoms with van der Waals surface area (Å²) in [7, 11) is -4.25. The molecule has 0 spiro atoms. The second-order valence-electron chi connectivity index (χ2n) is 7.80. The van der Waals surface area contributed by atoms with Crippen molar-refractivity contribution >= 4 is 27.4 Å². The molecule has 28 heavy (non-hydrogen) atoms. The molecule has 2 saturated carbocycles. The molecule has 0 unspecified atom stereocenters. The predicted molar refractivity (Wildman–Crippen MR) is 102 cm³/mol. The minimum atomic E-state index is -4.25. The van der Waals surface area contributed by atoms with Gasteiger partial charge < -0.3 is 10.2 Å². The number of halogens is 3. The summed E-state index contributed by atoms with van der Waals surface area (Å²) in [4.78, 5) is 1.07. The SMILES string of the molecule is O=S(=O)(c1ccc(F)c(F)c1F)N1CCN(C(=S)N[C@@H]2C[C@H]3CC[C@H]2C3)CC1. The fourth-order valence-corrected chi connectivity index (χ4v) is 6.46. The first-order valence-electron chi connectivity index (χ1n) is 9.46. The Bertz CT molecular complexity index is 888. The molecule has 5 nitrogen and oxygen atoms in total. The molecule has 2 bridgehead atoms. The van der Waals surface area contributed by atoms with E-state index in [0.717, 1.165) is 22.7 Å². The van der Waals surface area contributed by atoms with Crippen molar-refractivity contribution < 1.29 is 21.6 Å². The molecule has 1 heterocycles. The highest BCUT2D eigenvalue weighted by atomic mass is 32.2. The van der Waals surface area contributed by atoms with Gasteiger partial charge in [-0.1, -0.05) is 6.42 Å². The lowest BCUT2D eigenvalue weighted by Gasteiger charge is -2.37. The van der Waals surface area contributed by atoms with Gasteiger partial charge in [-0.15, -0.1) is 0 Å². The molecule has 3 aliphatic rings. The summed E-state index contributed by atoms with van der Waals surface area (Å²) in [6.07, 6.45) is 4.92. The first-order chi connectivity index (χ1) is 13.3. The van der Waals surface area contributed by atoms with Crippen LogP contribution in [0.1, 0.15) is 25.7 Å². The van der Waals surface area contributed by atoms with E-state index in [2.05, 4.69) is 5.32 Å². The van der Waals surface area contributed by atoms with E-state index in [1.54, 1.807) is 0 Å². The number of benzene rings is 1. The van der Waals surface area contributed by atoms with Gasteiger partial charge in [0, 0.05) is 32.2 Å². The summed E-state index contributed by atoms with van der Waals surface area (Å²) in [6, 6.07) is 1.77. The van der Waals surface area contributed by atoms with Gasteiger partial charge in [0.05, 0.1) is 0 Å². The number of thiocarbonyl (C=S) groups is 1. The number of hydrogen-bond acceptors (Lipinski definition) is 3. The van der Waals surface area contributed by atoms with Crippen molar-refractivity contribution in [2.75, 3.05) is 26.2 Å². The van der Waals surface area contributed by atoms with Crippen LogP contribution in [-0.4, -0.2) is 55.0 Å². The molecular formula is C18H22F3N3O2S2. The van der Waals surface area contributed by atoms with Crippen molar-refractivity contribution in [2.24, 2.45) is 11.8 Å². The Morgan fingerprint density at radius 2 is 1.75 bits per heavy atom. The topological polar surface area (TPSA) is 52.7 Å². The maximum Gasteiger partial charge on any atom is 0.246 e. The van der Waals surface area contributed by atoms with Crippen LogP contribution in [-0.2, 0) is 10.0 Å². The van der Waals surface area contributed by atoms with E-state index in [1.807, 2.05) is 4.90 Å². The second kappa shape index (κ2) is 7.46. The standard InChI is InChI=1S/C18H22F3N3O2S2/c19-13-3-4-15(17(21)16(13)20)28(25,26)24-7-5-23(6-8-24)18(27)22-14-10-11-1-2-12(14)9-11/h3-4,11-12,14H,1-2,5-10H2,(H,22,27)/t11-,12-,14+/m0/s1. The Labute approximate surface area is 167 Å². The molecular weight excluding hydrogens is 411 g/mol. The normalized spacial score (nSPS) is 28.0. The number of nitrogens with one attached hydrogen (secondary N) is 1. The van der Waals surface area contributed by atoms with Crippen LogP contribution in [0.3, 0.4) is 0 Å². The molecule has 1 aliphatic heterocycles. The average molecular weight is 434 g/mol. The molecule has 1 aromatic rings. The predicted octanol–water partition coefficient (Wildman–Crippen LogP) is 2.47. The van der Waals surface area contributed by atoms with Crippen molar-refractivity contribution in [2.45, 2.75) is 36.6 Å². The quantitative estimate of drug-likeness (QED) is 0.586. The van der Waals surface area contributed by atoms with Gasteiger partial charge in [-0.05, 0) is 55.4 Å². The van der Waals surface area contributed by atoms with Crippen LogP contribution in [0.4, 0.5) is 13.2 Å². The van der Waals surface area contributed by atoms with Crippen LogP contribution in [0.25, 0.3) is 0 Å². The number of hydrogen-bond donors (Lipinski definition) is 1. The summed E-state index contributed by atoms with van der Waals surface area (Å²) in [5.74, 6) is -3.43. The van der Waals surface area contributed by atoms with E-state index in [1.165, 1.54) is 19.3 Å². The van der Waals surface area contributed by atoms with Crippen molar-refractivity contribution in [3.8, 4) is 0 Å². The first kappa shape index (κ1) is 19.9. The number of sulfonamides is 1. The van der Waals surface area contributed by atoms with Gasteiger partial charge >= 0.3 is 0 Å². The zero-order valence-corrected chi connectivity index (χ0v) is 16.8. The summed E-state index contributed by atoms with van der Waals surface area (Å²) < 4.78 is 66.9. The molecule has 2 aliphatic carbocycles. The lowest BCUT2D eigenvalue weighted by Crippen LogP contribution is -2.55. The number of piperazine rings is 1. The highest BCUT2D eigenvalue weighted by Crippen LogP contribution is 2.44. The van der Waals surface area contributed by atoms with E-state index in [-0.39, 0.29) is 13.1 Å². The molecule has 1 saturated heterocycles. The van der Waals surface area contributed by atoms with Crippen LogP contribution < -0.4 is 5.32 Å². The van der Waals surface area contributed by atoms with Crippen LogP contribution in [0.5, 0.6) is 0 Å². The van der Waals surface area contributed by atoms with Gasteiger partial charge in [0.25, 0.3) is 0 Å². The molecule has 154 valence electrons. The van der Waals surface area contributed by atoms with Gasteiger partial charge in [-0.3, -0.25) is 0 Å². The maximum absolute atomic E-state index is 14.0. The van der Waals surface area contributed by atoms with E-state index in [0.29, 0.717) is 36.2 Å². The Kier molecular flexibility index (Phi) is 5.30. The average Bonchev–Trinajstić information content (AvgIpc) is 3.29. The van der Waals surface area contributed by atoms with E-state index in [4.69, 9.17) is 12.2 Å². The molecule has 1 aromatic carbocycles. The van der Waals surface area contributed by atoms with Crippen molar-refractivity contribution in [1.82, 2.24) is 14.5 Å². The van der Waals surface area contributed by atoms with Crippen LogP contribution in [0.15, 0.2) is 17.0 Å². The van der Waals surface area contributed by atoms with Crippen LogP contribution >= 0.6 is 12.2 Å². The first-order valence-corrected chi connectivity index (χ1v) is 11.3. The van der Waals surface area contributed by atoms with Gasteiger partial charge in [-0.2, -0.15) is 4.31 Å². The molecule has 4 rings (SSSR count). The molecule has 3 atom stereocenters. The Morgan fingerprint density at radius 1 is 1.04 bits per heavy atom. The number of fused-ring (bicyclic) bond motifs is 2. The second-order valence-corrected chi connectivity index (χ2v) is 10.1. The Hall–Kier alpha value is -1.39. The highest BCUT2D eigenvalue weighted by Gasteiger charge is 2.40. The highest BCUT2D eigenvalue weighted by molar-refractivity contribution is 7.89. The fraction of sp³-hybridized carbons (Fsp3) is 0.611. The van der Waals surface area contributed by atoms with Crippen LogP contribution in [0, 0.1) is 29.3 Å². The fourth-order valence-electron chi connectivity index (χ4n) is 4.65. The van der Waals surface area contributed by atoms with Gasteiger partial charge in [0.1, 0.15) is 4.90 Å². The third-order valence-corrected chi connectivity index (χ3v) is 8.48. The Morgan fingerprint density at radius 3 is 2.36 bits per heavy atom. The molecule has 3 fully saturated rings. The number of nitrogens with zero attached hydrogens (tertiary/aromatic N) is 2. The zero-order chi connectivity index (χ0) is 20.1. The molecule has 0 aromatic heterocycles. The van der Waals surface area contributed by atoms with Crippen molar-refractivity contribution in [3.63, 3.8) is 0 Å². The molecule has 0 radical (unpaired) electrons. The van der Waals surface area contributed by atoms with Gasteiger partial charge in [0.15, 0.2) is 22.6 Å². The van der Waals surface area contributed by atoms with Crippen molar-refractivity contribution in [3.05, 3.63) is 29.6 Å². The van der Waals surface area contributed by atoms with Crippen LogP contribution in [0.2, 0.25) is 0 Å². The number of rotatable bonds is 3. The van der Waals surface area contributed by atoms with Gasteiger partial charge in [0.2, 0.25) is 10.0 Å². The summed E-state index contributed by atoms with van der Waals surface area (Å²) >= 11 is 5.50. The minimum Gasteiger partial charge on any atom is -0.360 e. The molecule has 10 heteroatoms. The van der Waals surface area contributed by atoms with E-state index in [9.17, 15) is 21.6 Å². The van der Waals surface area contributed by atoms with Gasteiger partial charge in [-0.25, -0.2) is 21.6 Å². The maximum atomic E-state index is 14.0.